The van der Waals surface area contributed by atoms with Crippen molar-refractivity contribution in [3.63, 3.8) is 0 Å². The number of para-hydroxylation sites is 3. The molecule has 0 aromatic heterocycles. The van der Waals surface area contributed by atoms with Crippen LogP contribution in [0.3, 0.4) is 0 Å². The number of urea groups is 2. The summed E-state index contributed by atoms with van der Waals surface area (Å²) in [6.07, 6.45) is 18.0. The maximum absolute atomic E-state index is 13.7. The first-order valence-corrected chi connectivity index (χ1v) is 42.7. The molecule has 9 heterocycles. The molecule has 20 nitrogen and oxygen atoms in total. The minimum absolute atomic E-state index is 0. The lowest BCUT2D eigenvalue weighted by atomic mass is 9.88. The van der Waals surface area contributed by atoms with Crippen molar-refractivity contribution in [3.05, 3.63) is 138 Å². The van der Waals surface area contributed by atoms with Crippen molar-refractivity contribution < 1.29 is 39.8 Å². The number of hydrogen-bond donors (Lipinski definition) is 2. The van der Waals surface area contributed by atoms with Gasteiger partial charge in [0.25, 0.3) is 0 Å². The van der Waals surface area contributed by atoms with Gasteiger partial charge in [0.2, 0.25) is 35.4 Å². The third kappa shape index (κ3) is 20.1. The Bertz CT molecular complexity index is 3740. The maximum atomic E-state index is 13.7. The van der Waals surface area contributed by atoms with Gasteiger partial charge in [-0.15, -0.1) is 41.9 Å². The first-order chi connectivity index (χ1) is 51.7. The standard InChI is InChI=1S/C29H42N4O3S.C28H32N4O3S.C27H42N4O2S.H2/c1-20(2)12-17-32-27(35)25(37-28(32)21-8-4-3-5-9-21)18-26(34)31-15-13-23(14-16-31)33-19-22-10-6-7-11-24(22)30-29(33)36;1-2-15-32-26(34)24(36-27(32)21-9-4-3-5-10-21)19-25(33)30-16-13-22(14-17-30)31-18-12-20-8-6-7-11-23(20)29-28(31)35;1-27(2,3)12-15-31-25(33)23(20-24(32)30-13-8-5-9-14-30)34-26(31)21-10-6-7-11-22(21)29-18-16-28(4)17-19-29;/h6-7,10-11,20-21,23,25,28H,3-5,8-9,12-19H2,1-2H3,(H,30,36);2-11,22,24,27H,1,12-19H2,(H,29,35);6-7,10-11,23,26H,5,8-9,12-20H2,1-4H3;1H/t;;23?,26-;/m..1./s1. The molecule has 5 unspecified atom stereocenters. The second kappa shape index (κ2) is 37.0. The van der Waals surface area contributed by atoms with Gasteiger partial charge in [-0.1, -0.05) is 145 Å². The van der Waals surface area contributed by atoms with Crippen molar-refractivity contribution in [1.29, 1.82) is 0 Å². The first-order valence-electron chi connectivity index (χ1n) is 39.9. The van der Waals surface area contributed by atoms with E-state index >= 15 is 0 Å². The molecule has 7 saturated heterocycles. The first kappa shape index (κ1) is 79.3. The van der Waals surface area contributed by atoms with Gasteiger partial charge in [0.05, 0.1) is 21.1 Å². The molecule has 0 bridgehead atoms. The molecule has 9 aliphatic heterocycles. The lowest BCUT2D eigenvalue weighted by Gasteiger charge is -2.40. The van der Waals surface area contributed by atoms with Gasteiger partial charge < -0.3 is 59.6 Å². The summed E-state index contributed by atoms with van der Waals surface area (Å²) in [5, 5.41) is 5.20. The van der Waals surface area contributed by atoms with E-state index in [9.17, 15) is 38.4 Å². The van der Waals surface area contributed by atoms with Crippen LogP contribution in [0.25, 0.3) is 0 Å². The lowest BCUT2D eigenvalue weighted by molar-refractivity contribution is -0.137. The summed E-state index contributed by atoms with van der Waals surface area (Å²) in [6, 6.07) is 34.5. The summed E-state index contributed by atoms with van der Waals surface area (Å²) in [7, 11) is 2.17. The van der Waals surface area contributed by atoms with Gasteiger partial charge in [-0.25, -0.2) is 9.59 Å². The largest absolute Gasteiger partial charge is 0.369 e. The summed E-state index contributed by atoms with van der Waals surface area (Å²) < 4.78 is 0. The van der Waals surface area contributed by atoms with Gasteiger partial charge in [-0.2, -0.15) is 0 Å². The smallest absolute Gasteiger partial charge is 0.322 e. The molecule has 580 valence electrons. The van der Waals surface area contributed by atoms with Crippen LogP contribution in [0.4, 0.5) is 26.7 Å². The number of piperidine rings is 3. The fourth-order valence-electron chi connectivity index (χ4n) is 16.9. The number of rotatable bonds is 19. The number of fused-ring (bicyclic) bond motifs is 2. The number of anilines is 3. The average Bonchev–Trinajstić information content (AvgIpc) is 1.61. The van der Waals surface area contributed by atoms with Gasteiger partial charge in [-0.05, 0) is 136 Å². The van der Waals surface area contributed by atoms with Crippen LogP contribution in [-0.2, 0) is 41.7 Å². The quantitative estimate of drug-likeness (QED) is 0.0843. The molecule has 10 aliphatic rings. The van der Waals surface area contributed by atoms with Gasteiger partial charge in [0.1, 0.15) is 10.7 Å². The Morgan fingerprint density at radius 3 is 1.64 bits per heavy atom. The number of likely N-dealkylation sites (tertiary alicyclic amines) is 3. The van der Waals surface area contributed by atoms with Crippen LogP contribution in [0.15, 0.2) is 116 Å². The van der Waals surface area contributed by atoms with Crippen molar-refractivity contribution >= 4 is 99.9 Å². The molecule has 4 aromatic rings. The number of amides is 10. The van der Waals surface area contributed by atoms with E-state index in [1.165, 1.54) is 49.8 Å². The number of hydrogen-bond acceptors (Lipinski definition) is 13. The monoisotopic (exact) mass is 1520 g/mol. The van der Waals surface area contributed by atoms with E-state index in [0.717, 1.165) is 138 Å². The fourth-order valence-corrected chi connectivity index (χ4v) is 21.5. The molecule has 2 N–H and O–H groups in total. The van der Waals surface area contributed by atoms with Crippen molar-refractivity contribution in [1.82, 2.24) is 44.1 Å². The van der Waals surface area contributed by atoms with Crippen molar-refractivity contribution in [3.8, 4) is 0 Å². The zero-order valence-electron chi connectivity index (χ0n) is 64.2. The number of nitrogens with one attached hydrogen (secondary N) is 2. The van der Waals surface area contributed by atoms with Crippen LogP contribution in [0, 0.1) is 17.3 Å². The normalized spacial score (nSPS) is 24.3. The summed E-state index contributed by atoms with van der Waals surface area (Å²) in [5.74, 6) is 1.68. The maximum Gasteiger partial charge on any atom is 0.322 e. The molecular weight excluding hydrogens is 1400 g/mol. The zero-order valence-corrected chi connectivity index (χ0v) is 66.6. The Kier molecular flexibility index (Phi) is 27.4. The van der Waals surface area contributed by atoms with Gasteiger partial charge >= 0.3 is 12.1 Å². The highest BCUT2D eigenvalue weighted by atomic mass is 32.2. The molecule has 8 fully saturated rings. The third-order valence-electron chi connectivity index (χ3n) is 23.3. The molecule has 1 aliphatic carbocycles. The van der Waals surface area contributed by atoms with Crippen LogP contribution < -0.4 is 15.5 Å². The summed E-state index contributed by atoms with van der Waals surface area (Å²) in [4.78, 5) is 126. The van der Waals surface area contributed by atoms with Crippen molar-refractivity contribution in [2.24, 2.45) is 17.3 Å². The van der Waals surface area contributed by atoms with E-state index < -0.39 is 5.25 Å². The Hall–Kier alpha value is -7.21. The molecule has 14 rings (SSSR count). The predicted octanol–water partition coefficient (Wildman–Crippen LogP) is 14.1. The zero-order chi connectivity index (χ0) is 75.3. The molecule has 1 saturated carbocycles. The summed E-state index contributed by atoms with van der Waals surface area (Å²) in [5.41, 5.74) is 7.72. The molecular formula is C84H118N12O8S3. The molecule has 10 amide bonds. The minimum Gasteiger partial charge on any atom is -0.369 e. The number of thioether (sulfide) groups is 3. The highest BCUT2D eigenvalue weighted by Gasteiger charge is 2.48. The molecule has 23 heteroatoms. The SMILES string of the molecule is C=CCN1C(=O)C(CC(=O)N2CCC(N3CCc4ccccc4NC3=O)CC2)SC1c1ccccc1.CC(C)CCN1C(=O)C(CC(=O)N2CCC(N3Cc4ccccc4NC3=O)CC2)SC1C1CCCCC1.CN1CCN(c2ccccc2[C@H]2SC(CC(=O)N3CCCCC3)C(=O)N2CCC(C)(C)C)CC1.[HH]. The van der Waals surface area contributed by atoms with Crippen molar-refractivity contribution in [2.75, 3.05) is 114 Å². The summed E-state index contributed by atoms with van der Waals surface area (Å²) in [6.45, 7) is 26.4. The van der Waals surface area contributed by atoms with Crippen molar-refractivity contribution in [2.45, 2.75) is 201 Å². The third-order valence-corrected chi connectivity index (χ3v) is 27.9. The number of carbonyl (C=O) groups excluding carboxylic acids is 8. The van der Waals surface area contributed by atoms with Gasteiger partial charge in [0, 0.05) is 154 Å². The van der Waals surface area contributed by atoms with E-state index in [4.69, 9.17) is 0 Å². The second-order valence-electron chi connectivity index (χ2n) is 32.5. The predicted molar refractivity (Wildman–Crippen MR) is 434 cm³/mol. The Labute approximate surface area is 650 Å². The summed E-state index contributed by atoms with van der Waals surface area (Å²) >= 11 is 5.01. The average molecular weight is 1520 g/mol. The Morgan fingerprint density at radius 1 is 0.533 bits per heavy atom. The number of carbonyl (C=O) groups is 8. The highest BCUT2D eigenvalue weighted by molar-refractivity contribution is 8.02. The second-order valence-corrected chi connectivity index (χ2v) is 36.4. The van der Waals surface area contributed by atoms with E-state index in [-0.39, 0.29) is 99.5 Å². The van der Waals surface area contributed by atoms with E-state index in [2.05, 4.69) is 115 Å². The molecule has 0 radical (unpaired) electrons. The van der Waals surface area contributed by atoms with Crippen LogP contribution in [0.1, 0.15) is 178 Å². The Morgan fingerprint density at radius 2 is 1.04 bits per heavy atom. The van der Waals surface area contributed by atoms with Crippen LogP contribution in [0.2, 0.25) is 0 Å². The number of likely N-dealkylation sites (N-methyl/N-ethyl adjacent to an activating group) is 1. The van der Waals surface area contributed by atoms with Gasteiger partial charge in [-0.3, -0.25) is 28.8 Å². The lowest BCUT2D eigenvalue weighted by Crippen LogP contribution is -2.51. The van der Waals surface area contributed by atoms with Crippen LogP contribution in [0.5, 0.6) is 0 Å². The molecule has 107 heavy (non-hydrogen) atoms. The van der Waals surface area contributed by atoms with Gasteiger partial charge in [0.15, 0.2) is 0 Å². The number of nitrogens with zero attached hydrogens (tertiary/aromatic N) is 10. The van der Waals surface area contributed by atoms with Crippen LogP contribution >= 0.6 is 35.3 Å². The molecule has 4 aromatic carbocycles. The van der Waals surface area contributed by atoms with E-state index in [1.807, 2.05) is 96.1 Å². The number of benzene rings is 4. The van der Waals surface area contributed by atoms with E-state index in [1.54, 1.807) is 41.4 Å². The minimum atomic E-state index is -0.393. The topological polar surface area (TPSA) is 193 Å². The Balaban J connectivity index is 0.000000161. The van der Waals surface area contributed by atoms with Crippen LogP contribution in [-0.4, -0.2) is 223 Å². The highest BCUT2D eigenvalue weighted by Crippen LogP contribution is 2.49. The van der Waals surface area contributed by atoms with E-state index in [0.29, 0.717) is 70.5 Å². The number of piperazine rings is 1. The molecule has 0 spiro atoms. The molecule has 6 atom stereocenters. The fraction of sp³-hybridized carbons (Fsp3) is 0.595.